The molecule has 6 heteroatoms. The number of nitrogens with zero attached hydrogens (tertiary/aromatic N) is 1. The van der Waals surface area contributed by atoms with Crippen molar-refractivity contribution < 1.29 is 14.0 Å². The number of carbonyl (C=O) groups excluding carboxylic acids is 2. The predicted octanol–water partition coefficient (Wildman–Crippen LogP) is 5.09. The number of nitrogens with one attached hydrogen (secondary N) is 1. The van der Waals surface area contributed by atoms with Crippen molar-refractivity contribution >= 4 is 23.6 Å². The molecule has 0 heterocycles. The number of carbonyl (C=O) groups is 2. The van der Waals surface area contributed by atoms with E-state index in [9.17, 15) is 14.0 Å². The molecule has 0 spiro atoms. The minimum absolute atomic E-state index is 0.0417. The van der Waals surface area contributed by atoms with Gasteiger partial charge in [0.2, 0.25) is 11.8 Å². The highest BCUT2D eigenvalue weighted by molar-refractivity contribution is 7.99. The lowest BCUT2D eigenvalue weighted by atomic mass is 10.1. The van der Waals surface area contributed by atoms with Crippen molar-refractivity contribution in [1.29, 1.82) is 0 Å². The zero-order chi connectivity index (χ0) is 22.8. The first-order chi connectivity index (χ1) is 14.8. The normalized spacial score (nSPS) is 12.8. The third-order valence-corrected chi connectivity index (χ3v) is 6.22. The van der Waals surface area contributed by atoms with Crippen LogP contribution in [0.2, 0.25) is 0 Å². The van der Waals surface area contributed by atoms with Crippen molar-refractivity contribution in [3.8, 4) is 0 Å². The van der Waals surface area contributed by atoms with Crippen LogP contribution in [0.15, 0.2) is 48.5 Å². The quantitative estimate of drug-likeness (QED) is 0.525. The highest BCUT2D eigenvalue weighted by Gasteiger charge is 2.29. The minimum atomic E-state index is -0.564. The second kappa shape index (κ2) is 12.5. The number of hydrogen-bond donors (Lipinski definition) is 1. The SMILES string of the molecule is CC[C@@H](C)NC(=O)[C@@H](CC)N(Cc1ccc(F)cc1)C(=O)CSCc1cccc(C)c1. The molecule has 2 aromatic carbocycles. The van der Waals surface area contributed by atoms with Crippen molar-refractivity contribution in [3.63, 3.8) is 0 Å². The summed E-state index contributed by atoms with van der Waals surface area (Å²) in [6.07, 6.45) is 1.33. The number of thioether (sulfide) groups is 1. The molecule has 2 aromatic rings. The molecule has 0 aliphatic carbocycles. The van der Waals surface area contributed by atoms with Gasteiger partial charge in [-0.05, 0) is 49.9 Å². The first kappa shape index (κ1) is 24.9. The van der Waals surface area contributed by atoms with Gasteiger partial charge in [0.25, 0.3) is 0 Å². The number of rotatable bonds is 11. The topological polar surface area (TPSA) is 49.4 Å². The highest BCUT2D eigenvalue weighted by Crippen LogP contribution is 2.18. The summed E-state index contributed by atoms with van der Waals surface area (Å²) in [6, 6.07) is 13.8. The maximum absolute atomic E-state index is 13.3. The van der Waals surface area contributed by atoms with Gasteiger partial charge in [0.1, 0.15) is 11.9 Å². The fourth-order valence-electron chi connectivity index (χ4n) is 3.29. The third-order valence-electron chi connectivity index (χ3n) is 5.23. The summed E-state index contributed by atoms with van der Waals surface area (Å²) in [5, 5.41) is 3.00. The summed E-state index contributed by atoms with van der Waals surface area (Å²) >= 11 is 1.54. The van der Waals surface area contributed by atoms with Gasteiger partial charge in [0.15, 0.2) is 0 Å². The zero-order valence-corrected chi connectivity index (χ0v) is 19.7. The van der Waals surface area contributed by atoms with Crippen LogP contribution in [0, 0.1) is 12.7 Å². The Bertz CT molecular complexity index is 857. The van der Waals surface area contributed by atoms with Gasteiger partial charge in [-0.15, -0.1) is 11.8 Å². The summed E-state index contributed by atoms with van der Waals surface area (Å²) in [4.78, 5) is 27.7. The van der Waals surface area contributed by atoms with E-state index in [-0.39, 0.29) is 36.0 Å². The third kappa shape index (κ3) is 8.02. The zero-order valence-electron chi connectivity index (χ0n) is 18.9. The Morgan fingerprint density at radius 1 is 1.06 bits per heavy atom. The Morgan fingerprint density at radius 3 is 2.39 bits per heavy atom. The van der Waals surface area contributed by atoms with Crippen LogP contribution in [-0.4, -0.2) is 34.6 Å². The van der Waals surface area contributed by atoms with E-state index in [4.69, 9.17) is 0 Å². The van der Waals surface area contributed by atoms with Crippen molar-refractivity contribution in [1.82, 2.24) is 10.2 Å². The number of benzene rings is 2. The van der Waals surface area contributed by atoms with E-state index in [2.05, 4.69) is 17.4 Å². The number of hydrogen-bond acceptors (Lipinski definition) is 3. The predicted molar refractivity (Wildman–Crippen MR) is 126 cm³/mol. The van der Waals surface area contributed by atoms with Gasteiger partial charge in [-0.2, -0.15) is 0 Å². The molecular weight excluding hydrogens is 411 g/mol. The fraction of sp³-hybridized carbons (Fsp3) is 0.440. The first-order valence-electron chi connectivity index (χ1n) is 10.8. The smallest absolute Gasteiger partial charge is 0.243 e. The molecule has 168 valence electrons. The molecule has 2 atom stereocenters. The van der Waals surface area contributed by atoms with E-state index in [0.717, 1.165) is 17.7 Å². The lowest BCUT2D eigenvalue weighted by Gasteiger charge is -2.31. The number of halogens is 1. The lowest BCUT2D eigenvalue weighted by Crippen LogP contribution is -2.51. The second-order valence-corrected chi connectivity index (χ2v) is 8.86. The van der Waals surface area contributed by atoms with E-state index in [1.165, 1.54) is 35.0 Å². The average molecular weight is 445 g/mol. The molecule has 0 radical (unpaired) electrons. The van der Waals surface area contributed by atoms with Crippen molar-refractivity contribution in [3.05, 3.63) is 71.0 Å². The second-order valence-electron chi connectivity index (χ2n) is 7.87. The average Bonchev–Trinajstić information content (AvgIpc) is 2.74. The van der Waals surface area contributed by atoms with Crippen molar-refractivity contribution in [2.75, 3.05) is 5.75 Å². The molecular formula is C25H33FN2O2S. The molecule has 4 nitrogen and oxygen atoms in total. The van der Waals surface area contributed by atoms with Crippen molar-refractivity contribution in [2.24, 2.45) is 0 Å². The molecule has 2 rings (SSSR count). The Kier molecular flexibility index (Phi) is 10.0. The number of amides is 2. The maximum Gasteiger partial charge on any atom is 0.243 e. The fourth-order valence-corrected chi connectivity index (χ4v) is 4.15. The summed E-state index contributed by atoms with van der Waals surface area (Å²) < 4.78 is 13.3. The summed E-state index contributed by atoms with van der Waals surface area (Å²) in [5.41, 5.74) is 3.16. The largest absolute Gasteiger partial charge is 0.352 e. The van der Waals surface area contributed by atoms with Crippen LogP contribution in [-0.2, 0) is 21.9 Å². The molecule has 2 amide bonds. The van der Waals surface area contributed by atoms with Crippen molar-refractivity contribution in [2.45, 2.75) is 64.9 Å². The maximum atomic E-state index is 13.3. The summed E-state index contributed by atoms with van der Waals surface area (Å²) in [5.74, 6) is 0.455. The number of aryl methyl sites for hydroxylation is 1. The van der Waals surface area contributed by atoms with Gasteiger partial charge in [0.05, 0.1) is 5.75 Å². The van der Waals surface area contributed by atoms with Gasteiger partial charge in [-0.3, -0.25) is 9.59 Å². The van der Waals surface area contributed by atoms with Gasteiger partial charge >= 0.3 is 0 Å². The Balaban J connectivity index is 2.13. The molecule has 0 bridgehead atoms. The van der Waals surface area contributed by atoms with Crippen LogP contribution in [0.3, 0.4) is 0 Å². The van der Waals surface area contributed by atoms with Crippen LogP contribution in [0.1, 0.15) is 50.3 Å². The van der Waals surface area contributed by atoms with Gasteiger partial charge in [-0.25, -0.2) is 4.39 Å². The van der Waals surface area contributed by atoms with Gasteiger partial charge < -0.3 is 10.2 Å². The van der Waals surface area contributed by atoms with E-state index >= 15 is 0 Å². The Morgan fingerprint density at radius 2 is 1.77 bits per heavy atom. The summed E-state index contributed by atoms with van der Waals surface area (Å²) in [6.45, 7) is 8.19. The standard InChI is InChI=1S/C25H33FN2O2S/c1-5-19(4)27-25(30)23(6-2)28(15-20-10-12-22(26)13-11-20)24(29)17-31-16-21-9-7-8-18(3)14-21/h7-14,19,23H,5-6,15-17H2,1-4H3,(H,27,30)/t19-,23-/m1/s1. The molecule has 0 saturated heterocycles. The highest BCUT2D eigenvalue weighted by atomic mass is 32.2. The van der Waals surface area contributed by atoms with Crippen LogP contribution in [0.25, 0.3) is 0 Å². The Hall–Kier alpha value is -2.34. The Labute approximate surface area is 189 Å². The molecule has 0 unspecified atom stereocenters. The monoisotopic (exact) mass is 444 g/mol. The molecule has 0 aromatic heterocycles. The molecule has 0 aliphatic rings. The first-order valence-corrected chi connectivity index (χ1v) is 12.0. The van der Waals surface area contributed by atoms with Crippen LogP contribution < -0.4 is 5.32 Å². The van der Waals surface area contributed by atoms with Gasteiger partial charge in [0, 0.05) is 18.3 Å². The van der Waals surface area contributed by atoms with Gasteiger partial charge in [-0.1, -0.05) is 55.8 Å². The molecule has 1 N–H and O–H groups in total. The molecule has 31 heavy (non-hydrogen) atoms. The van der Waals surface area contributed by atoms with E-state index in [1.807, 2.05) is 39.8 Å². The van der Waals surface area contributed by atoms with E-state index < -0.39 is 6.04 Å². The van der Waals surface area contributed by atoms with Crippen LogP contribution in [0.4, 0.5) is 4.39 Å². The minimum Gasteiger partial charge on any atom is -0.352 e. The molecule has 0 aliphatic heterocycles. The summed E-state index contributed by atoms with van der Waals surface area (Å²) in [7, 11) is 0. The molecule has 0 fully saturated rings. The molecule has 0 saturated carbocycles. The van der Waals surface area contributed by atoms with E-state index in [1.54, 1.807) is 17.0 Å². The van der Waals surface area contributed by atoms with Crippen LogP contribution in [0.5, 0.6) is 0 Å². The van der Waals surface area contributed by atoms with E-state index in [0.29, 0.717) is 6.42 Å². The van der Waals surface area contributed by atoms with Crippen LogP contribution >= 0.6 is 11.8 Å². The lowest BCUT2D eigenvalue weighted by molar-refractivity contribution is -0.139.